The molecule has 4 heteroatoms. The molecule has 1 amide bonds. The van der Waals surface area contributed by atoms with Gasteiger partial charge in [-0.25, -0.2) is 4.79 Å². The van der Waals surface area contributed by atoms with Gasteiger partial charge in [-0.15, -0.1) is 0 Å². The summed E-state index contributed by atoms with van der Waals surface area (Å²) in [5.74, 6) is 0. The Bertz CT molecular complexity index is 646. The standard InChI is InChI=1S/C18H22N2O2/c1-13-16(14-8-6-5-7-9-14)11-10-15(20-13)12-19-17(21)22-18(2,3)4/h5-11H,12H2,1-4H3,(H,19,21). The molecule has 1 aromatic heterocycles. The maximum atomic E-state index is 11.6. The highest BCUT2D eigenvalue weighted by molar-refractivity contribution is 5.68. The Morgan fingerprint density at radius 1 is 1.14 bits per heavy atom. The van der Waals surface area contributed by atoms with E-state index in [2.05, 4.69) is 22.4 Å². The van der Waals surface area contributed by atoms with Crippen molar-refractivity contribution >= 4 is 6.09 Å². The summed E-state index contributed by atoms with van der Waals surface area (Å²) in [6, 6.07) is 14.1. The van der Waals surface area contributed by atoms with Crippen LogP contribution < -0.4 is 5.32 Å². The second-order valence-electron chi connectivity index (χ2n) is 6.16. The molecule has 2 aromatic rings. The van der Waals surface area contributed by atoms with Crippen LogP contribution in [0.3, 0.4) is 0 Å². The Balaban J connectivity index is 2.03. The summed E-state index contributed by atoms with van der Waals surface area (Å²) < 4.78 is 5.20. The Morgan fingerprint density at radius 3 is 2.41 bits per heavy atom. The van der Waals surface area contributed by atoms with E-state index in [-0.39, 0.29) is 0 Å². The minimum atomic E-state index is -0.495. The number of ether oxygens (including phenoxy) is 1. The highest BCUT2D eigenvalue weighted by Crippen LogP contribution is 2.21. The van der Waals surface area contributed by atoms with Crippen molar-refractivity contribution in [1.82, 2.24) is 10.3 Å². The monoisotopic (exact) mass is 298 g/mol. The number of hydrogen-bond donors (Lipinski definition) is 1. The molecule has 0 aliphatic heterocycles. The van der Waals surface area contributed by atoms with Crippen molar-refractivity contribution in [2.75, 3.05) is 0 Å². The van der Waals surface area contributed by atoms with E-state index in [1.165, 1.54) is 0 Å². The minimum absolute atomic E-state index is 0.352. The summed E-state index contributed by atoms with van der Waals surface area (Å²) in [6.07, 6.45) is -0.431. The lowest BCUT2D eigenvalue weighted by atomic mass is 10.0. The molecule has 0 aliphatic rings. The molecule has 0 unspecified atom stereocenters. The molecule has 0 radical (unpaired) electrons. The predicted octanol–water partition coefficient (Wildman–Crippen LogP) is 4.08. The number of benzene rings is 1. The molecule has 0 saturated carbocycles. The first-order chi connectivity index (χ1) is 10.3. The van der Waals surface area contributed by atoms with E-state index in [0.717, 1.165) is 22.5 Å². The molecule has 1 N–H and O–H groups in total. The van der Waals surface area contributed by atoms with Crippen molar-refractivity contribution < 1.29 is 9.53 Å². The molecule has 1 heterocycles. The zero-order valence-electron chi connectivity index (χ0n) is 13.5. The molecule has 4 nitrogen and oxygen atoms in total. The van der Waals surface area contributed by atoms with Crippen LogP contribution in [-0.4, -0.2) is 16.7 Å². The van der Waals surface area contributed by atoms with Crippen LogP contribution in [0.1, 0.15) is 32.2 Å². The second kappa shape index (κ2) is 6.60. The van der Waals surface area contributed by atoms with Crippen LogP contribution in [0.25, 0.3) is 11.1 Å². The third-order valence-electron chi connectivity index (χ3n) is 3.04. The Labute approximate surface area is 131 Å². The van der Waals surface area contributed by atoms with Crippen LogP contribution in [-0.2, 0) is 11.3 Å². The maximum absolute atomic E-state index is 11.6. The minimum Gasteiger partial charge on any atom is -0.444 e. The smallest absolute Gasteiger partial charge is 0.407 e. The van der Waals surface area contributed by atoms with E-state index in [4.69, 9.17) is 4.74 Å². The van der Waals surface area contributed by atoms with E-state index in [9.17, 15) is 4.79 Å². The van der Waals surface area contributed by atoms with Crippen LogP contribution in [0.15, 0.2) is 42.5 Å². The van der Waals surface area contributed by atoms with Gasteiger partial charge in [-0.2, -0.15) is 0 Å². The number of nitrogens with one attached hydrogen (secondary N) is 1. The van der Waals surface area contributed by atoms with Crippen LogP contribution in [0.2, 0.25) is 0 Å². The number of nitrogens with zero attached hydrogens (tertiary/aromatic N) is 1. The molecular weight excluding hydrogens is 276 g/mol. The largest absolute Gasteiger partial charge is 0.444 e. The number of carbonyl (C=O) groups is 1. The van der Waals surface area contributed by atoms with Gasteiger partial charge in [-0.3, -0.25) is 4.98 Å². The summed E-state index contributed by atoms with van der Waals surface area (Å²) in [5.41, 5.74) is 3.49. The van der Waals surface area contributed by atoms with Crippen molar-refractivity contribution in [3.05, 3.63) is 53.9 Å². The highest BCUT2D eigenvalue weighted by Gasteiger charge is 2.15. The molecule has 0 spiro atoms. The number of alkyl carbamates (subject to hydrolysis) is 1. The fourth-order valence-electron chi connectivity index (χ4n) is 2.11. The summed E-state index contributed by atoms with van der Waals surface area (Å²) in [7, 11) is 0. The van der Waals surface area contributed by atoms with E-state index in [1.807, 2.05) is 58.0 Å². The molecule has 116 valence electrons. The number of aromatic nitrogens is 1. The van der Waals surface area contributed by atoms with Gasteiger partial charge in [0, 0.05) is 11.3 Å². The van der Waals surface area contributed by atoms with Crippen LogP contribution in [0.4, 0.5) is 4.79 Å². The topological polar surface area (TPSA) is 51.2 Å². The molecule has 0 bridgehead atoms. The normalized spacial score (nSPS) is 11.1. The molecule has 0 saturated heterocycles. The van der Waals surface area contributed by atoms with Gasteiger partial charge in [0.1, 0.15) is 5.60 Å². The number of hydrogen-bond acceptors (Lipinski definition) is 3. The van der Waals surface area contributed by atoms with Gasteiger partial charge in [-0.05, 0) is 39.3 Å². The number of amides is 1. The number of pyridine rings is 1. The SMILES string of the molecule is Cc1nc(CNC(=O)OC(C)(C)C)ccc1-c1ccccc1. The van der Waals surface area contributed by atoms with Crippen molar-refractivity contribution in [2.45, 2.75) is 39.8 Å². The Morgan fingerprint density at radius 2 is 1.82 bits per heavy atom. The maximum Gasteiger partial charge on any atom is 0.407 e. The lowest BCUT2D eigenvalue weighted by Gasteiger charge is -2.19. The predicted molar refractivity (Wildman–Crippen MR) is 87.5 cm³/mol. The molecule has 22 heavy (non-hydrogen) atoms. The van der Waals surface area contributed by atoms with Gasteiger partial charge >= 0.3 is 6.09 Å². The van der Waals surface area contributed by atoms with Gasteiger partial charge in [0.25, 0.3) is 0 Å². The average molecular weight is 298 g/mol. The van der Waals surface area contributed by atoms with Crippen molar-refractivity contribution in [3.8, 4) is 11.1 Å². The Hall–Kier alpha value is -2.36. The molecular formula is C18H22N2O2. The molecule has 0 fully saturated rings. The van der Waals surface area contributed by atoms with Crippen LogP contribution in [0.5, 0.6) is 0 Å². The lowest BCUT2D eigenvalue weighted by molar-refractivity contribution is 0.0523. The van der Waals surface area contributed by atoms with Gasteiger partial charge in [0.15, 0.2) is 0 Å². The quantitative estimate of drug-likeness (QED) is 0.928. The number of carbonyl (C=O) groups excluding carboxylic acids is 1. The van der Waals surface area contributed by atoms with E-state index in [0.29, 0.717) is 6.54 Å². The second-order valence-corrected chi connectivity index (χ2v) is 6.16. The van der Waals surface area contributed by atoms with Crippen molar-refractivity contribution in [3.63, 3.8) is 0 Å². The van der Waals surface area contributed by atoms with Gasteiger partial charge in [0.05, 0.1) is 12.2 Å². The highest BCUT2D eigenvalue weighted by atomic mass is 16.6. The van der Waals surface area contributed by atoms with Crippen LogP contribution >= 0.6 is 0 Å². The summed E-state index contributed by atoms with van der Waals surface area (Å²) in [5, 5.41) is 2.72. The number of aryl methyl sites for hydroxylation is 1. The molecule has 2 rings (SSSR count). The zero-order chi connectivity index (χ0) is 16.2. The van der Waals surface area contributed by atoms with Gasteiger partial charge in [-0.1, -0.05) is 36.4 Å². The fourth-order valence-corrected chi connectivity index (χ4v) is 2.11. The first-order valence-electron chi connectivity index (χ1n) is 7.34. The third-order valence-corrected chi connectivity index (χ3v) is 3.04. The lowest BCUT2D eigenvalue weighted by Crippen LogP contribution is -2.32. The van der Waals surface area contributed by atoms with Gasteiger partial charge in [0.2, 0.25) is 0 Å². The van der Waals surface area contributed by atoms with Crippen molar-refractivity contribution in [1.29, 1.82) is 0 Å². The van der Waals surface area contributed by atoms with E-state index < -0.39 is 11.7 Å². The van der Waals surface area contributed by atoms with Gasteiger partial charge < -0.3 is 10.1 Å². The summed E-state index contributed by atoms with van der Waals surface area (Å²) in [4.78, 5) is 16.2. The first-order valence-corrected chi connectivity index (χ1v) is 7.34. The van der Waals surface area contributed by atoms with E-state index in [1.54, 1.807) is 0 Å². The van der Waals surface area contributed by atoms with Crippen LogP contribution in [0, 0.1) is 6.92 Å². The van der Waals surface area contributed by atoms with Crippen molar-refractivity contribution in [2.24, 2.45) is 0 Å². The molecule has 1 aromatic carbocycles. The Kier molecular flexibility index (Phi) is 4.81. The fraction of sp³-hybridized carbons (Fsp3) is 0.333. The van der Waals surface area contributed by atoms with E-state index >= 15 is 0 Å². The summed E-state index contributed by atoms with van der Waals surface area (Å²) >= 11 is 0. The number of rotatable bonds is 3. The first kappa shape index (κ1) is 16.0. The molecule has 0 aliphatic carbocycles. The zero-order valence-corrected chi connectivity index (χ0v) is 13.5. The summed E-state index contributed by atoms with van der Waals surface area (Å²) in [6.45, 7) is 7.83. The average Bonchev–Trinajstić information content (AvgIpc) is 2.44. The third kappa shape index (κ3) is 4.58. The molecule has 0 atom stereocenters.